The molecule has 2 heterocycles. The first kappa shape index (κ1) is 16.0. The minimum absolute atomic E-state index is 0.0500. The van der Waals surface area contributed by atoms with E-state index in [-0.39, 0.29) is 12.0 Å². The number of nitrogens with one attached hydrogen (secondary N) is 1. The lowest BCUT2D eigenvalue weighted by Crippen LogP contribution is -2.43. The van der Waals surface area contributed by atoms with Gasteiger partial charge in [-0.15, -0.1) is 0 Å². The number of rotatable bonds is 5. The number of carbonyl (C=O) groups excluding carboxylic acids is 1. The van der Waals surface area contributed by atoms with Crippen LogP contribution in [-0.2, 0) is 4.74 Å². The topological polar surface area (TPSA) is 54.5 Å². The Morgan fingerprint density at radius 2 is 2.38 bits per heavy atom. The van der Waals surface area contributed by atoms with Crippen molar-refractivity contribution in [3.8, 4) is 0 Å². The highest BCUT2D eigenvalue weighted by Gasteiger charge is 2.26. The van der Waals surface area contributed by atoms with Crippen LogP contribution in [0.4, 0.5) is 5.82 Å². The Morgan fingerprint density at radius 3 is 3.10 bits per heavy atom. The molecule has 116 valence electrons. The molecular formula is C15H22ClN3O2. The van der Waals surface area contributed by atoms with Crippen molar-refractivity contribution in [2.45, 2.75) is 32.8 Å². The number of nitrogens with zero attached hydrogens (tertiary/aromatic N) is 2. The molecule has 0 spiro atoms. The zero-order chi connectivity index (χ0) is 15.2. The molecule has 5 nitrogen and oxygen atoms in total. The fourth-order valence-electron chi connectivity index (χ4n) is 2.55. The van der Waals surface area contributed by atoms with E-state index in [0.717, 1.165) is 25.9 Å². The third-order valence-electron chi connectivity index (χ3n) is 3.51. The van der Waals surface area contributed by atoms with Crippen molar-refractivity contribution in [3.05, 3.63) is 22.8 Å². The van der Waals surface area contributed by atoms with E-state index in [9.17, 15) is 4.79 Å². The van der Waals surface area contributed by atoms with Crippen LogP contribution in [0.25, 0.3) is 0 Å². The van der Waals surface area contributed by atoms with Gasteiger partial charge in [-0.2, -0.15) is 0 Å². The molecule has 1 aliphatic rings. The van der Waals surface area contributed by atoms with Crippen molar-refractivity contribution in [1.29, 1.82) is 0 Å². The van der Waals surface area contributed by atoms with Crippen LogP contribution in [0.15, 0.2) is 12.3 Å². The fraction of sp³-hybridized carbons (Fsp3) is 0.600. The maximum absolute atomic E-state index is 12.7. The van der Waals surface area contributed by atoms with Crippen LogP contribution in [0.3, 0.4) is 0 Å². The van der Waals surface area contributed by atoms with E-state index < -0.39 is 0 Å². The number of likely N-dealkylation sites (tertiary alicyclic amines) is 1. The minimum Gasteiger partial charge on any atom is -0.377 e. The molecule has 1 aromatic heterocycles. The molecule has 0 radical (unpaired) electrons. The Kier molecular flexibility index (Phi) is 5.82. The third-order valence-corrected chi connectivity index (χ3v) is 3.81. The Hall–Kier alpha value is -1.33. The molecule has 6 heteroatoms. The van der Waals surface area contributed by atoms with Crippen LogP contribution in [0.5, 0.6) is 0 Å². The van der Waals surface area contributed by atoms with Crippen LogP contribution in [0, 0.1) is 0 Å². The van der Waals surface area contributed by atoms with Crippen LogP contribution < -0.4 is 5.32 Å². The number of carbonyl (C=O) groups is 1. The van der Waals surface area contributed by atoms with Gasteiger partial charge in [0.25, 0.3) is 5.91 Å². The molecule has 1 amide bonds. The van der Waals surface area contributed by atoms with E-state index in [1.54, 1.807) is 6.07 Å². The second-order valence-electron chi connectivity index (χ2n) is 5.05. The maximum atomic E-state index is 12.7. The predicted molar refractivity (Wildman–Crippen MR) is 84.0 cm³/mol. The smallest absolute Gasteiger partial charge is 0.255 e. The van der Waals surface area contributed by atoms with Crippen LogP contribution in [-0.4, -0.2) is 48.1 Å². The van der Waals surface area contributed by atoms with Crippen LogP contribution in [0.2, 0.25) is 5.02 Å². The van der Waals surface area contributed by atoms with Gasteiger partial charge in [-0.3, -0.25) is 4.79 Å². The molecule has 2 rings (SSSR count). The predicted octanol–water partition coefficient (Wildman–Crippen LogP) is 2.81. The third kappa shape index (κ3) is 4.08. The van der Waals surface area contributed by atoms with E-state index >= 15 is 0 Å². The zero-order valence-electron chi connectivity index (χ0n) is 12.6. The van der Waals surface area contributed by atoms with Gasteiger partial charge in [0, 0.05) is 32.4 Å². The first-order valence-corrected chi connectivity index (χ1v) is 7.83. The van der Waals surface area contributed by atoms with Crippen molar-refractivity contribution in [1.82, 2.24) is 9.88 Å². The second kappa shape index (κ2) is 7.61. The second-order valence-corrected chi connectivity index (χ2v) is 5.46. The molecule has 0 aliphatic carbocycles. The summed E-state index contributed by atoms with van der Waals surface area (Å²) in [6.45, 7) is 6.75. The lowest BCUT2D eigenvalue weighted by molar-refractivity contribution is 0.00725. The number of piperidine rings is 1. The number of ether oxygens (including phenoxy) is 1. The minimum atomic E-state index is -0.0500. The summed E-state index contributed by atoms with van der Waals surface area (Å²) in [5, 5.41) is 3.49. The molecule has 0 aromatic carbocycles. The van der Waals surface area contributed by atoms with Crippen LogP contribution >= 0.6 is 11.6 Å². The lowest BCUT2D eigenvalue weighted by atomic mass is 10.1. The standard InChI is InChI=1S/C15H22ClN3O2/c1-3-17-14-8-12(13(16)9-18-14)15(20)19-7-5-6-11(10-19)21-4-2/h8-9,11H,3-7,10H2,1-2H3,(H,17,18). The molecule has 1 saturated heterocycles. The Bertz CT molecular complexity index is 494. The Balaban J connectivity index is 2.13. The molecule has 1 aliphatic heterocycles. The van der Waals surface area contributed by atoms with Gasteiger partial charge in [-0.1, -0.05) is 11.6 Å². The van der Waals surface area contributed by atoms with Gasteiger partial charge in [0.05, 0.1) is 16.7 Å². The van der Waals surface area contributed by atoms with E-state index in [4.69, 9.17) is 16.3 Å². The van der Waals surface area contributed by atoms with E-state index in [1.165, 1.54) is 6.20 Å². The summed E-state index contributed by atoms with van der Waals surface area (Å²) in [5.74, 6) is 0.620. The van der Waals surface area contributed by atoms with Gasteiger partial charge in [0.1, 0.15) is 5.82 Å². The number of anilines is 1. The van der Waals surface area contributed by atoms with Gasteiger partial charge < -0.3 is 15.0 Å². The summed E-state index contributed by atoms with van der Waals surface area (Å²) >= 11 is 6.14. The number of pyridine rings is 1. The average Bonchev–Trinajstić information content (AvgIpc) is 2.49. The SMILES string of the molecule is CCNc1cc(C(=O)N2CCCC(OCC)C2)c(Cl)cn1. The molecule has 1 N–H and O–H groups in total. The largest absolute Gasteiger partial charge is 0.377 e. The summed E-state index contributed by atoms with van der Waals surface area (Å²) in [5.41, 5.74) is 0.500. The van der Waals surface area contributed by atoms with E-state index in [1.807, 2.05) is 18.7 Å². The first-order chi connectivity index (χ1) is 10.2. The number of hydrogen-bond acceptors (Lipinski definition) is 4. The molecule has 1 fully saturated rings. The molecule has 1 aromatic rings. The molecule has 21 heavy (non-hydrogen) atoms. The molecule has 0 bridgehead atoms. The summed E-state index contributed by atoms with van der Waals surface area (Å²) in [6.07, 6.45) is 3.61. The van der Waals surface area contributed by atoms with Gasteiger partial charge in [-0.25, -0.2) is 4.98 Å². The number of halogens is 1. The highest BCUT2D eigenvalue weighted by Crippen LogP contribution is 2.22. The van der Waals surface area contributed by atoms with Crippen molar-refractivity contribution >= 4 is 23.3 Å². The fourth-order valence-corrected chi connectivity index (χ4v) is 2.73. The first-order valence-electron chi connectivity index (χ1n) is 7.46. The highest BCUT2D eigenvalue weighted by atomic mass is 35.5. The number of amides is 1. The highest BCUT2D eigenvalue weighted by molar-refractivity contribution is 6.33. The summed E-state index contributed by atoms with van der Waals surface area (Å²) < 4.78 is 5.64. The zero-order valence-corrected chi connectivity index (χ0v) is 13.3. The molecule has 1 unspecified atom stereocenters. The quantitative estimate of drug-likeness (QED) is 0.908. The van der Waals surface area contributed by atoms with Gasteiger partial charge >= 0.3 is 0 Å². The van der Waals surface area contributed by atoms with Gasteiger partial charge in [0.2, 0.25) is 0 Å². The normalized spacial score (nSPS) is 18.6. The molecule has 1 atom stereocenters. The van der Waals surface area contributed by atoms with Crippen molar-refractivity contribution < 1.29 is 9.53 Å². The Morgan fingerprint density at radius 1 is 1.57 bits per heavy atom. The summed E-state index contributed by atoms with van der Waals surface area (Å²) in [4.78, 5) is 18.6. The Labute approximate surface area is 130 Å². The van der Waals surface area contributed by atoms with Crippen molar-refractivity contribution in [2.75, 3.05) is 31.6 Å². The molecule has 0 saturated carbocycles. The summed E-state index contributed by atoms with van der Waals surface area (Å²) in [6, 6.07) is 1.72. The van der Waals surface area contributed by atoms with Gasteiger partial charge in [-0.05, 0) is 32.8 Å². The maximum Gasteiger partial charge on any atom is 0.255 e. The van der Waals surface area contributed by atoms with Crippen LogP contribution in [0.1, 0.15) is 37.0 Å². The number of hydrogen-bond donors (Lipinski definition) is 1. The number of aromatic nitrogens is 1. The summed E-state index contributed by atoms with van der Waals surface area (Å²) in [7, 11) is 0. The average molecular weight is 312 g/mol. The van der Waals surface area contributed by atoms with E-state index in [2.05, 4.69) is 10.3 Å². The monoisotopic (exact) mass is 311 g/mol. The van der Waals surface area contributed by atoms with Crippen molar-refractivity contribution in [2.24, 2.45) is 0 Å². The van der Waals surface area contributed by atoms with Crippen molar-refractivity contribution in [3.63, 3.8) is 0 Å². The van der Waals surface area contributed by atoms with Gasteiger partial charge in [0.15, 0.2) is 0 Å². The molecular weight excluding hydrogens is 290 g/mol. The van der Waals surface area contributed by atoms with E-state index in [0.29, 0.717) is 29.6 Å². The lowest BCUT2D eigenvalue weighted by Gasteiger charge is -2.32.